The Morgan fingerprint density at radius 3 is 1.83 bits per heavy atom. The van der Waals surface area contributed by atoms with Gasteiger partial charge in [-0.3, -0.25) is 33.5 Å². The van der Waals surface area contributed by atoms with E-state index in [4.69, 9.17) is 4.74 Å². The van der Waals surface area contributed by atoms with Gasteiger partial charge in [0.2, 0.25) is 27.7 Å². The zero-order valence-electron chi connectivity index (χ0n) is 35.4. The molecule has 0 aliphatic heterocycles. The lowest BCUT2D eigenvalue weighted by Crippen LogP contribution is -2.41. The number of tetrazole rings is 1. The number of carboxylic acid groups (broad SMARTS) is 2. The number of ether oxygens (including phenoxy) is 1. The van der Waals surface area contributed by atoms with E-state index in [9.17, 15) is 52.2 Å². The first-order valence-corrected chi connectivity index (χ1v) is 23.2. The van der Waals surface area contributed by atoms with E-state index in [0.29, 0.717) is 19.4 Å². The normalized spacial score (nSPS) is 12.3. The fourth-order valence-corrected chi connectivity index (χ4v) is 7.54. The highest BCUT2D eigenvalue weighted by Crippen LogP contribution is 2.16. The van der Waals surface area contributed by atoms with Crippen molar-refractivity contribution in [1.82, 2.24) is 36.0 Å². The van der Waals surface area contributed by atoms with Gasteiger partial charge in [0.25, 0.3) is 0 Å². The number of sulfonamides is 1. The number of Topliss-reactive ketones (excluding diaryl/α,β-unsaturated/α-hetero) is 2. The van der Waals surface area contributed by atoms with Crippen molar-refractivity contribution in [3.05, 3.63) is 5.82 Å². The zero-order chi connectivity index (χ0) is 44.4. The van der Waals surface area contributed by atoms with Crippen LogP contribution in [0.15, 0.2) is 0 Å². The number of methoxy groups -OCH3 is 1. The Kier molecular flexibility index (Phi) is 29.9. The summed E-state index contributed by atoms with van der Waals surface area (Å²) in [4.78, 5) is 84.4. The van der Waals surface area contributed by atoms with Gasteiger partial charge in [-0.1, -0.05) is 75.8 Å². The molecule has 3 amide bonds. The number of aromatic amines is 1. The smallest absolute Gasteiger partial charge is 0.326 e. The number of unbranched alkanes of at least 4 members (excludes halogenated alkanes) is 12. The molecule has 2 unspecified atom stereocenters. The van der Waals surface area contributed by atoms with Crippen molar-refractivity contribution in [2.75, 3.05) is 26.0 Å². The van der Waals surface area contributed by atoms with Gasteiger partial charge >= 0.3 is 11.9 Å². The van der Waals surface area contributed by atoms with Crippen molar-refractivity contribution < 1.29 is 56.9 Å². The van der Waals surface area contributed by atoms with Crippen molar-refractivity contribution >= 4 is 51.2 Å². The summed E-state index contributed by atoms with van der Waals surface area (Å²) in [6, 6.07) is -1.32. The van der Waals surface area contributed by atoms with Crippen LogP contribution in [0, 0.1) is 5.92 Å². The summed E-state index contributed by atoms with van der Waals surface area (Å²) in [5.74, 6) is -5.67. The molecule has 0 bridgehead atoms. The van der Waals surface area contributed by atoms with Gasteiger partial charge in [-0.2, -0.15) is 5.21 Å². The Labute approximate surface area is 354 Å². The topological polar surface area (TPSA) is 294 Å². The molecular formula is C40H69N7O12S. The van der Waals surface area contributed by atoms with E-state index in [1.807, 2.05) is 0 Å². The molecule has 20 heteroatoms. The van der Waals surface area contributed by atoms with Crippen LogP contribution in [0.4, 0.5) is 0 Å². The molecule has 0 aliphatic carbocycles. The van der Waals surface area contributed by atoms with E-state index in [-0.39, 0.29) is 83.0 Å². The number of hydrogen-bond donors (Lipinski definition) is 6. The lowest BCUT2D eigenvalue weighted by molar-refractivity contribution is -0.145. The van der Waals surface area contributed by atoms with Crippen molar-refractivity contribution in [3.63, 3.8) is 0 Å². The molecule has 1 rings (SSSR count). The molecule has 342 valence electrons. The molecule has 0 aromatic carbocycles. The molecule has 0 spiro atoms. The van der Waals surface area contributed by atoms with Gasteiger partial charge in [0.1, 0.15) is 17.6 Å². The minimum Gasteiger partial charge on any atom is -0.481 e. The number of ketones is 2. The van der Waals surface area contributed by atoms with E-state index < -0.39 is 63.2 Å². The lowest BCUT2D eigenvalue weighted by Gasteiger charge is -2.16. The Morgan fingerprint density at radius 1 is 0.650 bits per heavy atom. The van der Waals surface area contributed by atoms with Gasteiger partial charge in [-0.15, -0.1) is 10.2 Å². The Morgan fingerprint density at radius 2 is 1.25 bits per heavy atom. The standard InChI is InChI=1S/C40H69N7O12S/c1-59-28-16-19-32(48)24-25-34(40(55)56)42-37(51)26-23-31(39(53)54)30-33(49)18-15-27-41-36(50)22-17-29-60(57,58)45-38(52)21-14-12-10-8-6-4-2-3-5-7-9-11-13-20-35-43-46-47-44-35/h31,34H,2-30H2,1H3,(H,41,50)(H,42,51)(H,45,52)(H,53,54)(H,55,56)(H,43,44,46,47). The first-order valence-electron chi connectivity index (χ1n) is 21.5. The minimum atomic E-state index is -3.89. The largest absolute Gasteiger partial charge is 0.481 e. The molecule has 1 heterocycles. The van der Waals surface area contributed by atoms with Crippen LogP contribution in [0.1, 0.15) is 166 Å². The second kappa shape index (κ2) is 33.4. The Bertz CT molecular complexity index is 1530. The highest BCUT2D eigenvalue weighted by molar-refractivity contribution is 7.90. The summed E-state index contributed by atoms with van der Waals surface area (Å²) in [7, 11) is -2.39. The third kappa shape index (κ3) is 29.8. The number of carboxylic acids is 2. The number of aromatic nitrogens is 4. The molecule has 0 saturated carbocycles. The number of nitrogens with zero attached hydrogens (tertiary/aromatic N) is 3. The zero-order valence-corrected chi connectivity index (χ0v) is 36.2. The number of H-pyrrole nitrogens is 1. The summed E-state index contributed by atoms with van der Waals surface area (Å²) in [5, 5.41) is 37.8. The molecule has 1 aromatic rings. The van der Waals surface area contributed by atoms with E-state index in [1.165, 1.54) is 52.1 Å². The van der Waals surface area contributed by atoms with Crippen LogP contribution in [0.25, 0.3) is 0 Å². The Hall–Kier alpha value is -4.33. The predicted octanol–water partition coefficient (Wildman–Crippen LogP) is 4.11. The van der Waals surface area contributed by atoms with E-state index >= 15 is 0 Å². The van der Waals surface area contributed by atoms with Crippen LogP contribution in [-0.4, -0.2) is 113 Å². The number of carbonyl (C=O) groups is 7. The van der Waals surface area contributed by atoms with Gasteiger partial charge in [-0.25, -0.2) is 13.2 Å². The second-order valence-electron chi connectivity index (χ2n) is 15.3. The number of rotatable bonds is 40. The highest BCUT2D eigenvalue weighted by Gasteiger charge is 2.25. The van der Waals surface area contributed by atoms with E-state index in [2.05, 4.69) is 36.0 Å². The molecule has 2 atom stereocenters. The number of aliphatic carboxylic acids is 2. The second-order valence-corrected chi connectivity index (χ2v) is 17.1. The number of aryl methyl sites for hydroxylation is 1. The summed E-state index contributed by atoms with van der Waals surface area (Å²) >= 11 is 0. The molecule has 0 saturated heterocycles. The van der Waals surface area contributed by atoms with Crippen LogP contribution in [0.2, 0.25) is 0 Å². The van der Waals surface area contributed by atoms with Crippen LogP contribution in [-0.2, 0) is 54.7 Å². The lowest BCUT2D eigenvalue weighted by atomic mass is 9.95. The molecule has 6 N–H and O–H groups in total. The maximum absolute atomic E-state index is 12.4. The maximum Gasteiger partial charge on any atom is 0.326 e. The van der Waals surface area contributed by atoms with E-state index in [1.54, 1.807) is 0 Å². The molecule has 19 nitrogen and oxygen atoms in total. The SMILES string of the molecule is COCCCC(=O)CCC(NC(=O)CCC(CC(=O)CCCNC(=O)CCCS(=O)(=O)NC(=O)CCCCCCCCCCCCCCCc1nn[nH]n1)C(=O)O)C(=O)O. The van der Waals surface area contributed by atoms with Crippen LogP contribution >= 0.6 is 0 Å². The highest BCUT2D eigenvalue weighted by atomic mass is 32.2. The predicted molar refractivity (Wildman–Crippen MR) is 221 cm³/mol. The van der Waals surface area contributed by atoms with Gasteiger partial charge < -0.3 is 25.6 Å². The number of hydrogen-bond acceptors (Lipinski definition) is 13. The maximum atomic E-state index is 12.4. The number of amides is 3. The monoisotopic (exact) mass is 871 g/mol. The third-order valence-electron chi connectivity index (χ3n) is 9.93. The number of nitrogens with one attached hydrogen (secondary N) is 4. The van der Waals surface area contributed by atoms with Gasteiger partial charge in [0.05, 0.1) is 11.7 Å². The summed E-state index contributed by atoms with van der Waals surface area (Å²) in [6.07, 6.45) is 15.0. The first kappa shape index (κ1) is 53.7. The quantitative estimate of drug-likeness (QED) is 0.0506. The summed E-state index contributed by atoms with van der Waals surface area (Å²) in [5.41, 5.74) is 0. The van der Waals surface area contributed by atoms with Gasteiger partial charge in [0, 0.05) is 71.6 Å². The minimum absolute atomic E-state index is 0.00985. The van der Waals surface area contributed by atoms with Crippen LogP contribution < -0.4 is 15.4 Å². The van der Waals surface area contributed by atoms with Crippen LogP contribution in [0.3, 0.4) is 0 Å². The van der Waals surface area contributed by atoms with Crippen molar-refractivity contribution in [1.29, 1.82) is 0 Å². The number of carbonyl (C=O) groups excluding carboxylic acids is 5. The molecular weight excluding hydrogens is 803 g/mol. The van der Waals surface area contributed by atoms with Crippen LogP contribution in [0.5, 0.6) is 0 Å². The third-order valence-corrected chi connectivity index (χ3v) is 11.3. The molecule has 0 fully saturated rings. The first-order chi connectivity index (χ1) is 28.7. The Balaban J connectivity index is 2.11. The molecule has 0 aliphatic rings. The molecule has 60 heavy (non-hydrogen) atoms. The fourth-order valence-electron chi connectivity index (χ4n) is 6.46. The van der Waals surface area contributed by atoms with Gasteiger partial charge in [0.15, 0.2) is 5.82 Å². The van der Waals surface area contributed by atoms with Crippen molar-refractivity contribution in [3.8, 4) is 0 Å². The average Bonchev–Trinajstić information content (AvgIpc) is 3.71. The van der Waals surface area contributed by atoms with Gasteiger partial charge in [-0.05, 0) is 44.9 Å². The van der Waals surface area contributed by atoms with Crippen molar-refractivity contribution in [2.24, 2.45) is 5.92 Å². The van der Waals surface area contributed by atoms with E-state index in [0.717, 1.165) is 44.3 Å². The molecule has 1 aromatic heterocycles. The summed E-state index contributed by atoms with van der Waals surface area (Å²) in [6.45, 7) is 0.497. The van der Waals surface area contributed by atoms with Crippen molar-refractivity contribution in [2.45, 2.75) is 173 Å². The molecule has 0 radical (unpaired) electrons. The average molecular weight is 872 g/mol. The summed E-state index contributed by atoms with van der Waals surface area (Å²) < 4.78 is 31.6. The fraction of sp³-hybridized carbons (Fsp3) is 0.800.